The van der Waals surface area contributed by atoms with Crippen LogP contribution in [0, 0.1) is 6.92 Å². The fourth-order valence-electron chi connectivity index (χ4n) is 3.03. The fraction of sp³-hybridized carbons (Fsp3) is 0.500. The summed E-state index contributed by atoms with van der Waals surface area (Å²) in [5.41, 5.74) is 8.70. The fourth-order valence-corrected chi connectivity index (χ4v) is 3.03. The number of nitrogen functional groups attached to an aromatic ring is 1. The highest BCUT2D eigenvalue weighted by molar-refractivity contribution is 6.05. The van der Waals surface area contributed by atoms with Gasteiger partial charge in [0.25, 0.3) is 5.91 Å². The van der Waals surface area contributed by atoms with Crippen LogP contribution in [0.4, 0.5) is 10.7 Å². The number of aromatic nitrogens is 3. The van der Waals surface area contributed by atoms with Crippen LogP contribution >= 0.6 is 0 Å². The Hall–Kier alpha value is -2.90. The molecule has 1 aliphatic rings. The number of amides is 2. The second kappa shape index (κ2) is 8.00. The van der Waals surface area contributed by atoms with E-state index in [1.165, 1.54) is 0 Å². The van der Waals surface area contributed by atoms with Gasteiger partial charge in [0.05, 0.1) is 17.0 Å². The molecule has 2 amide bonds. The highest BCUT2D eigenvalue weighted by atomic mass is 16.6. The van der Waals surface area contributed by atoms with Gasteiger partial charge in [-0.3, -0.25) is 4.79 Å². The summed E-state index contributed by atoms with van der Waals surface area (Å²) in [5.74, 6) is -0.187. The van der Waals surface area contributed by atoms with E-state index in [9.17, 15) is 9.59 Å². The number of carbonyl (C=O) groups excluding carboxylic acids is 2. The van der Waals surface area contributed by atoms with E-state index in [1.807, 2.05) is 32.4 Å². The van der Waals surface area contributed by atoms with E-state index in [1.54, 1.807) is 33.0 Å². The Morgan fingerprint density at radius 2 is 1.93 bits per heavy atom. The van der Waals surface area contributed by atoms with Crippen LogP contribution in [0.3, 0.4) is 0 Å². The third-order valence-corrected chi connectivity index (χ3v) is 4.25. The van der Waals surface area contributed by atoms with E-state index >= 15 is 0 Å². The molecule has 0 radical (unpaired) electrons. The van der Waals surface area contributed by atoms with Crippen molar-refractivity contribution in [2.75, 3.05) is 12.3 Å². The molecule has 0 unspecified atom stereocenters. The first kappa shape index (κ1) is 21.4. The van der Waals surface area contributed by atoms with Gasteiger partial charge in [-0.15, -0.1) is 0 Å². The Bertz CT molecular complexity index is 896. The number of ether oxygens (including phenoxy) is 1. The van der Waals surface area contributed by atoms with Crippen molar-refractivity contribution < 1.29 is 14.3 Å². The highest BCUT2D eigenvalue weighted by Crippen LogP contribution is 2.30. The number of fused-ring (bicyclic) bond motifs is 1. The molecule has 0 saturated carbocycles. The molecule has 0 aliphatic carbocycles. The lowest BCUT2D eigenvalue weighted by atomic mass is 10.1. The summed E-state index contributed by atoms with van der Waals surface area (Å²) >= 11 is 0. The second-order valence-electron chi connectivity index (χ2n) is 7.40. The molecule has 0 fully saturated rings. The molecule has 3 rings (SSSR count). The van der Waals surface area contributed by atoms with Gasteiger partial charge in [0, 0.05) is 31.9 Å². The number of hydrogen-bond donors (Lipinski definition) is 1. The third-order valence-electron chi connectivity index (χ3n) is 4.25. The molecular weight excluding hydrogens is 358 g/mol. The minimum absolute atomic E-state index is 0.173. The smallest absolute Gasteiger partial charge is 0.417 e. The van der Waals surface area contributed by atoms with Gasteiger partial charge >= 0.3 is 6.09 Å². The molecule has 0 spiro atoms. The van der Waals surface area contributed by atoms with Crippen LogP contribution in [0.25, 0.3) is 11.4 Å². The maximum atomic E-state index is 12.8. The largest absolute Gasteiger partial charge is 0.443 e. The zero-order chi connectivity index (χ0) is 21.2. The van der Waals surface area contributed by atoms with Crippen LogP contribution in [-0.4, -0.2) is 43.6 Å². The number of nitrogens with zero attached hydrogens (tertiary/aromatic N) is 4. The minimum Gasteiger partial charge on any atom is -0.443 e. The second-order valence-corrected chi connectivity index (χ2v) is 7.40. The van der Waals surface area contributed by atoms with Gasteiger partial charge < -0.3 is 15.0 Å². The third kappa shape index (κ3) is 4.16. The Labute approximate surface area is 165 Å². The number of aryl methyl sites for hydroxylation is 1. The monoisotopic (exact) mass is 387 g/mol. The van der Waals surface area contributed by atoms with Crippen molar-refractivity contribution >= 4 is 17.9 Å². The Balaban J connectivity index is 0.00000136. The first-order valence-electron chi connectivity index (χ1n) is 9.41. The first-order chi connectivity index (χ1) is 13.1. The van der Waals surface area contributed by atoms with Gasteiger partial charge in [-0.25, -0.2) is 19.7 Å². The summed E-state index contributed by atoms with van der Waals surface area (Å²) in [6.07, 6.45) is 1.58. The number of hydrogen-bond acceptors (Lipinski definition) is 6. The van der Waals surface area contributed by atoms with Crippen molar-refractivity contribution in [3.63, 3.8) is 0 Å². The minimum atomic E-state index is -0.658. The van der Waals surface area contributed by atoms with Gasteiger partial charge in [0.1, 0.15) is 5.60 Å². The van der Waals surface area contributed by atoms with Crippen molar-refractivity contribution in [3.8, 4) is 11.4 Å². The summed E-state index contributed by atoms with van der Waals surface area (Å²) in [4.78, 5) is 34.6. The molecule has 3 heterocycles. The van der Waals surface area contributed by atoms with Gasteiger partial charge in [-0.05, 0) is 39.3 Å². The zero-order valence-electron chi connectivity index (χ0n) is 17.7. The van der Waals surface area contributed by atoms with Crippen LogP contribution in [0.2, 0.25) is 0 Å². The summed E-state index contributed by atoms with van der Waals surface area (Å²) in [7, 11) is 1.88. The van der Waals surface area contributed by atoms with Gasteiger partial charge in [0.15, 0.2) is 0 Å². The Kier molecular flexibility index (Phi) is 6.11. The topological polar surface area (TPSA) is 103 Å². The highest BCUT2D eigenvalue weighted by Gasteiger charge is 2.35. The van der Waals surface area contributed by atoms with Crippen molar-refractivity contribution in [2.45, 2.75) is 53.6 Å². The lowest BCUT2D eigenvalue weighted by Crippen LogP contribution is -2.44. The number of carbonyl (C=O) groups is 2. The summed E-state index contributed by atoms with van der Waals surface area (Å²) in [6, 6.07) is 1.75. The van der Waals surface area contributed by atoms with Crippen LogP contribution in [0.1, 0.15) is 56.2 Å². The molecule has 2 aromatic heterocycles. The molecule has 0 aromatic carbocycles. The molecule has 0 bridgehead atoms. The molecule has 152 valence electrons. The first-order valence-corrected chi connectivity index (χ1v) is 9.41. The number of imide groups is 1. The van der Waals surface area contributed by atoms with Crippen LogP contribution in [-0.2, 0) is 18.2 Å². The van der Waals surface area contributed by atoms with E-state index in [0.29, 0.717) is 17.7 Å². The normalized spacial score (nSPS) is 13.5. The van der Waals surface area contributed by atoms with E-state index in [4.69, 9.17) is 10.5 Å². The Morgan fingerprint density at radius 1 is 1.29 bits per heavy atom. The maximum Gasteiger partial charge on any atom is 0.417 e. The molecule has 8 nitrogen and oxygen atoms in total. The van der Waals surface area contributed by atoms with E-state index in [-0.39, 0.29) is 18.4 Å². The number of rotatable bonds is 1. The van der Waals surface area contributed by atoms with Crippen LogP contribution in [0.15, 0.2) is 12.3 Å². The number of nitrogens with two attached hydrogens (primary N) is 1. The molecule has 1 aliphatic heterocycles. The summed E-state index contributed by atoms with van der Waals surface area (Å²) < 4.78 is 7.27. The van der Waals surface area contributed by atoms with Crippen molar-refractivity contribution in [3.05, 3.63) is 29.1 Å². The predicted octanol–water partition coefficient (Wildman–Crippen LogP) is 3.33. The van der Waals surface area contributed by atoms with Crippen molar-refractivity contribution in [2.24, 2.45) is 7.05 Å². The van der Waals surface area contributed by atoms with Crippen LogP contribution in [0.5, 0.6) is 0 Å². The molecule has 2 N–H and O–H groups in total. The molecule has 8 heteroatoms. The van der Waals surface area contributed by atoms with E-state index < -0.39 is 11.7 Å². The standard InChI is InChI=1S/C18H23N5O3.C2H6/c1-10-9-20-16(19)21-14(10)13-8-11-12(22(13)5)6-7-23(15(11)24)17(25)26-18(2,3)4;1-2/h8-9H,6-7H2,1-5H3,(H2,19,20,21);1-2H3. The summed E-state index contributed by atoms with van der Waals surface area (Å²) in [6.45, 7) is 11.5. The van der Waals surface area contributed by atoms with Crippen molar-refractivity contribution in [1.82, 2.24) is 19.4 Å². The molecular formula is C20H29N5O3. The maximum absolute atomic E-state index is 12.8. The SMILES string of the molecule is CC.Cc1cnc(N)nc1-c1cc2c(n1C)CCN(C(=O)OC(C)(C)C)C2=O. The van der Waals surface area contributed by atoms with Gasteiger partial charge in [0.2, 0.25) is 5.95 Å². The molecule has 28 heavy (non-hydrogen) atoms. The lowest BCUT2D eigenvalue weighted by molar-refractivity contribution is 0.0232. The molecule has 2 aromatic rings. The van der Waals surface area contributed by atoms with Crippen molar-refractivity contribution in [1.29, 1.82) is 0 Å². The van der Waals surface area contributed by atoms with Crippen LogP contribution < -0.4 is 5.73 Å². The summed E-state index contributed by atoms with van der Waals surface area (Å²) in [5, 5.41) is 0. The zero-order valence-corrected chi connectivity index (χ0v) is 17.7. The average molecular weight is 387 g/mol. The van der Waals surface area contributed by atoms with E-state index in [0.717, 1.165) is 21.9 Å². The predicted molar refractivity (Wildman–Crippen MR) is 108 cm³/mol. The lowest BCUT2D eigenvalue weighted by Gasteiger charge is -2.28. The van der Waals surface area contributed by atoms with Gasteiger partial charge in [-0.1, -0.05) is 13.8 Å². The Morgan fingerprint density at radius 3 is 2.54 bits per heavy atom. The van der Waals surface area contributed by atoms with E-state index in [2.05, 4.69) is 9.97 Å². The number of anilines is 1. The van der Waals surface area contributed by atoms with Gasteiger partial charge in [-0.2, -0.15) is 0 Å². The molecule has 0 saturated heterocycles. The molecule has 0 atom stereocenters. The quantitative estimate of drug-likeness (QED) is 0.805. The average Bonchev–Trinajstić information content (AvgIpc) is 2.95.